The van der Waals surface area contributed by atoms with Crippen molar-refractivity contribution in [2.75, 3.05) is 0 Å². The third kappa shape index (κ3) is 3.16. The fourth-order valence-corrected chi connectivity index (χ4v) is 1.18. The summed E-state index contributed by atoms with van der Waals surface area (Å²) in [5, 5.41) is 11.4. The van der Waals surface area contributed by atoms with Crippen molar-refractivity contribution in [3.05, 3.63) is 29.8 Å². The summed E-state index contributed by atoms with van der Waals surface area (Å²) in [6.07, 6.45) is 0.525. The van der Waals surface area contributed by atoms with E-state index < -0.39 is 6.10 Å². The van der Waals surface area contributed by atoms with E-state index in [1.807, 2.05) is 24.3 Å². The van der Waals surface area contributed by atoms with Crippen LogP contribution in [0.2, 0.25) is 0 Å². The van der Waals surface area contributed by atoms with Crippen molar-refractivity contribution in [3.63, 3.8) is 0 Å². The smallest absolute Gasteiger partial charge is 0.180 e. The fraction of sp³-hybridized carbons (Fsp3) is 0.364. The first-order valence-electron chi connectivity index (χ1n) is 4.90. The Kier molecular flexibility index (Phi) is 3.97. The molecule has 0 saturated carbocycles. The molecule has 0 spiro atoms. The van der Waals surface area contributed by atoms with Crippen LogP contribution in [0.25, 0.3) is 0 Å². The second-order valence-corrected chi connectivity index (χ2v) is 3.29. The van der Waals surface area contributed by atoms with E-state index >= 15 is 0 Å². The molecule has 0 aliphatic carbocycles. The Morgan fingerprint density at radius 1 is 1.60 bits per heavy atom. The van der Waals surface area contributed by atoms with Crippen molar-refractivity contribution < 1.29 is 9.94 Å². The highest BCUT2D eigenvalue weighted by molar-refractivity contribution is 5.84. The summed E-state index contributed by atoms with van der Waals surface area (Å²) in [4.78, 5) is 0. The Labute approximate surface area is 89.4 Å². The number of nitrogens with zero attached hydrogens (tertiary/aromatic N) is 1. The molecule has 0 bridgehead atoms. The molecule has 15 heavy (non-hydrogen) atoms. The van der Waals surface area contributed by atoms with Crippen molar-refractivity contribution in [2.24, 2.45) is 10.9 Å². The fourth-order valence-electron chi connectivity index (χ4n) is 1.18. The summed E-state index contributed by atoms with van der Waals surface area (Å²) >= 11 is 0. The second kappa shape index (κ2) is 5.24. The van der Waals surface area contributed by atoms with Gasteiger partial charge in [-0.15, -0.1) is 0 Å². The van der Waals surface area contributed by atoms with Crippen LogP contribution in [0.1, 0.15) is 19.4 Å². The molecule has 0 heterocycles. The number of amidine groups is 1. The third-order valence-corrected chi connectivity index (χ3v) is 2.15. The van der Waals surface area contributed by atoms with Gasteiger partial charge in [-0.1, -0.05) is 24.2 Å². The van der Waals surface area contributed by atoms with Gasteiger partial charge in [-0.25, -0.2) is 0 Å². The highest BCUT2D eigenvalue weighted by Gasteiger charge is 2.08. The zero-order valence-electron chi connectivity index (χ0n) is 8.97. The monoisotopic (exact) mass is 208 g/mol. The van der Waals surface area contributed by atoms with Crippen LogP contribution >= 0.6 is 0 Å². The topological polar surface area (TPSA) is 67.8 Å². The molecule has 0 saturated heterocycles. The summed E-state index contributed by atoms with van der Waals surface area (Å²) < 4.78 is 5.49. The van der Waals surface area contributed by atoms with Crippen LogP contribution in [-0.4, -0.2) is 17.1 Å². The van der Waals surface area contributed by atoms with Crippen molar-refractivity contribution in [1.82, 2.24) is 0 Å². The predicted molar refractivity (Wildman–Crippen MR) is 59.3 cm³/mol. The van der Waals surface area contributed by atoms with Gasteiger partial charge in [-0.3, -0.25) is 0 Å². The lowest BCUT2D eigenvalue weighted by molar-refractivity contribution is 0.265. The summed E-state index contributed by atoms with van der Waals surface area (Å²) in [6.45, 7) is 3.81. The maximum absolute atomic E-state index is 8.47. The number of hydrogen-bond acceptors (Lipinski definition) is 3. The van der Waals surface area contributed by atoms with E-state index in [1.165, 1.54) is 5.56 Å². The van der Waals surface area contributed by atoms with Crippen LogP contribution in [0.4, 0.5) is 0 Å². The molecule has 0 aliphatic rings. The second-order valence-electron chi connectivity index (χ2n) is 3.29. The highest BCUT2D eigenvalue weighted by atomic mass is 16.5. The molecule has 0 radical (unpaired) electrons. The third-order valence-electron chi connectivity index (χ3n) is 2.15. The number of oxime groups is 1. The minimum atomic E-state index is -0.429. The molecule has 0 aliphatic heterocycles. The van der Waals surface area contributed by atoms with Crippen molar-refractivity contribution in [2.45, 2.75) is 26.4 Å². The Bertz CT molecular complexity index is 350. The molecule has 1 unspecified atom stereocenters. The maximum atomic E-state index is 8.47. The number of nitrogens with two attached hydrogens (primary N) is 1. The summed E-state index contributed by atoms with van der Waals surface area (Å²) in [5.74, 6) is 0.797. The highest BCUT2D eigenvalue weighted by Crippen LogP contribution is 2.15. The molecule has 0 amide bonds. The molecule has 1 rings (SSSR count). The lowest BCUT2D eigenvalue weighted by Gasteiger charge is -2.13. The Hall–Kier alpha value is -1.71. The van der Waals surface area contributed by atoms with Gasteiger partial charge >= 0.3 is 0 Å². The largest absolute Gasteiger partial charge is 0.483 e. The lowest BCUT2D eigenvalue weighted by atomic mass is 10.2. The quantitative estimate of drug-likeness (QED) is 0.343. The summed E-state index contributed by atoms with van der Waals surface area (Å²) in [7, 11) is 0. The van der Waals surface area contributed by atoms with Crippen LogP contribution < -0.4 is 10.5 Å². The number of aryl methyl sites for hydroxylation is 1. The van der Waals surface area contributed by atoms with Crippen LogP contribution in [0.5, 0.6) is 5.75 Å². The molecule has 0 aromatic heterocycles. The van der Waals surface area contributed by atoms with Gasteiger partial charge in [0.15, 0.2) is 11.9 Å². The molecule has 4 nitrogen and oxygen atoms in total. The van der Waals surface area contributed by atoms with Crippen molar-refractivity contribution >= 4 is 5.84 Å². The number of hydrogen-bond donors (Lipinski definition) is 2. The standard InChI is InChI=1S/C11H16N2O2/c1-3-9-5-4-6-10(7-9)15-8(2)11(12)13-14/h4-8,14H,3H2,1-2H3,(H2,12,13). The zero-order valence-corrected chi connectivity index (χ0v) is 8.97. The molecule has 4 heteroatoms. The molecule has 3 N–H and O–H groups in total. The zero-order chi connectivity index (χ0) is 11.3. The molecule has 82 valence electrons. The van der Waals surface area contributed by atoms with Crippen molar-refractivity contribution in [1.29, 1.82) is 0 Å². The van der Waals surface area contributed by atoms with Gasteiger partial charge in [-0.05, 0) is 31.0 Å². The molecular weight excluding hydrogens is 192 g/mol. The van der Waals surface area contributed by atoms with Gasteiger partial charge < -0.3 is 15.7 Å². The van der Waals surface area contributed by atoms with Crippen LogP contribution in [-0.2, 0) is 6.42 Å². The van der Waals surface area contributed by atoms with Gasteiger partial charge in [0.1, 0.15) is 5.75 Å². The molecule has 1 aromatic carbocycles. The van der Waals surface area contributed by atoms with Crippen LogP contribution in [0.3, 0.4) is 0 Å². The lowest BCUT2D eigenvalue weighted by Crippen LogP contribution is -2.31. The van der Waals surface area contributed by atoms with Gasteiger partial charge in [0.2, 0.25) is 0 Å². The van der Waals surface area contributed by atoms with Gasteiger partial charge in [0, 0.05) is 0 Å². The van der Waals surface area contributed by atoms with Crippen LogP contribution in [0.15, 0.2) is 29.4 Å². The number of ether oxygens (including phenoxy) is 1. The normalized spacial score (nSPS) is 13.6. The van der Waals surface area contributed by atoms with Gasteiger partial charge in [0.25, 0.3) is 0 Å². The first kappa shape index (κ1) is 11.4. The van der Waals surface area contributed by atoms with E-state index in [0.29, 0.717) is 0 Å². The van der Waals surface area contributed by atoms with E-state index in [0.717, 1.165) is 12.2 Å². The average molecular weight is 208 g/mol. The number of benzene rings is 1. The van der Waals surface area contributed by atoms with E-state index in [-0.39, 0.29) is 5.84 Å². The molecular formula is C11H16N2O2. The SMILES string of the molecule is CCc1cccc(OC(C)C(N)=NO)c1. The van der Waals surface area contributed by atoms with E-state index in [2.05, 4.69) is 12.1 Å². The predicted octanol–water partition coefficient (Wildman–Crippen LogP) is 1.76. The Morgan fingerprint density at radius 3 is 2.93 bits per heavy atom. The summed E-state index contributed by atoms with van der Waals surface area (Å²) in [6, 6.07) is 7.75. The summed E-state index contributed by atoms with van der Waals surface area (Å²) in [5.41, 5.74) is 6.60. The minimum absolute atomic E-state index is 0.0666. The average Bonchev–Trinajstić information content (AvgIpc) is 2.28. The minimum Gasteiger partial charge on any atom is -0.483 e. The number of rotatable bonds is 4. The first-order chi connectivity index (χ1) is 7.17. The van der Waals surface area contributed by atoms with Crippen LogP contribution in [0, 0.1) is 0 Å². The van der Waals surface area contributed by atoms with E-state index in [9.17, 15) is 0 Å². The van der Waals surface area contributed by atoms with Gasteiger partial charge in [0.05, 0.1) is 0 Å². The molecule has 1 aromatic rings. The first-order valence-corrected chi connectivity index (χ1v) is 4.90. The van der Waals surface area contributed by atoms with E-state index in [1.54, 1.807) is 6.92 Å². The van der Waals surface area contributed by atoms with Gasteiger partial charge in [-0.2, -0.15) is 0 Å². The Morgan fingerprint density at radius 2 is 2.33 bits per heavy atom. The molecule has 0 fully saturated rings. The Balaban J connectivity index is 2.72. The molecule has 1 atom stereocenters. The van der Waals surface area contributed by atoms with Crippen molar-refractivity contribution in [3.8, 4) is 5.75 Å². The van der Waals surface area contributed by atoms with E-state index in [4.69, 9.17) is 15.7 Å². The maximum Gasteiger partial charge on any atom is 0.180 e.